The first-order valence-corrected chi connectivity index (χ1v) is 11.1. The minimum absolute atomic E-state index is 0.154. The number of carbonyl (C=O) groups excluding carboxylic acids is 2. The summed E-state index contributed by atoms with van der Waals surface area (Å²) >= 11 is 0. The lowest BCUT2D eigenvalue weighted by molar-refractivity contribution is -0.134. The highest BCUT2D eigenvalue weighted by molar-refractivity contribution is 5.94. The number of hydrogen-bond acceptors (Lipinski definition) is 4. The van der Waals surface area contributed by atoms with Crippen molar-refractivity contribution in [2.45, 2.75) is 46.3 Å². The Morgan fingerprint density at radius 1 is 1.06 bits per heavy atom. The minimum atomic E-state index is -0.541. The minimum Gasteiger partial charge on any atom is -0.446 e. The summed E-state index contributed by atoms with van der Waals surface area (Å²) in [6.45, 7) is 7.72. The van der Waals surface area contributed by atoms with Crippen molar-refractivity contribution >= 4 is 12.0 Å². The molecular weight excluding hydrogens is 390 g/mol. The van der Waals surface area contributed by atoms with Crippen molar-refractivity contribution in [1.82, 2.24) is 4.90 Å². The Hall–Kier alpha value is -2.66. The van der Waals surface area contributed by atoms with Gasteiger partial charge in [-0.3, -0.25) is 4.79 Å². The smallest absolute Gasteiger partial charge is 0.417 e. The molecule has 1 heterocycles. The van der Waals surface area contributed by atoms with Crippen LogP contribution in [0.15, 0.2) is 60.7 Å². The Morgan fingerprint density at radius 3 is 2.39 bits per heavy atom. The number of benzene rings is 2. The molecule has 2 aromatic carbocycles. The molecule has 0 unspecified atom stereocenters. The molecule has 1 fully saturated rings. The average Bonchev–Trinajstić information content (AvgIpc) is 3.18. The zero-order valence-corrected chi connectivity index (χ0v) is 18.7. The summed E-state index contributed by atoms with van der Waals surface area (Å²) in [4.78, 5) is 26.8. The molecule has 5 heteroatoms. The van der Waals surface area contributed by atoms with Gasteiger partial charge in [0.1, 0.15) is 12.6 Å². The van der Waals surface area contributed by atoms with Crippen molar-refractivity contribution in [3.05, 3.63) is 71.8 Å². The van der Waals surface area contributed by atoms with Crippen LogP contribution < -0.4 is 0 Å². The fourth-order valence-electron chi connectivity index (χ4n) is 4.05. The third kappa shape index (κ3) is 6.17. The Balaban J connectivity index is 1.48. The summed E-state index contributed by atoms with van der Waals surface area (Å²) in [5.74, 6) is 0.166. The molecule has 0 aliphatic carbocycles. The number of hydrogen-bond donors (Lipinski definition) is 0. The van der Waals surface area contributed by atoms with E-state index in [0.29, 0.717) is 19.1 Å². The number of imide groups is 1. The van der Waals surface area contributed by atoms with Crippen LogP contribution in [0.2, 0.25) is 0 Å². The molecule has 1 aliphatic heterocycles. The van der Waals surface area contributed by atoms with Gasteiger partial charge in [0.15, 0.2) is 0 Å². The lowest BCUT2D eigenvalue weighted by Gasteiger charge is -2.27. The monoisotopic (exact) mass is 423 g/mol. The van der Waals surface area contributed by atoms with Gasteiger partial charge in [0.2, 0.25) is 5.91 Å². The van der Waals surface area contributed by atoms with E-state index in [9.17, 15) is 9.59 Å². The fourth-order valence-corrected chi connectivity index (χ4v) is 4.05. The lowest BCUT2D eigenvalue weighted by atomic mass is 9.85. The van der Waals surface area contributed by atoms with Gasteiger partial charge in [-0.2, -0.15) is 0 Å². The van der Waals surface area contributed by atoms with Gasteiger partial charge in [-0.15, -0.1) is 0 Å². The fraction of sp³-hybridized carbons (Fsp3) is 0.462. The predicted molar refractivity (Wildman–Crippen MR) is 120 cm³/mol. The molecule has 0 saturated carbocycles. The summed E-state index contributed by atoms with van der Waals surface area (Å²) in [6.07, 6.45) is 1.30. The molecule has 2 aromatic rings. The first kappa shape index (κ1) is 23.0. The van der Waals surface area contributed by atoms with Crippen LogP contribution >= 0.6 is 0 Å². The maximum Gasteiger partial charge on any atom is 0.417 e. The molecule has 2 amide bonds. The molecular formula is C26H33NO4. The van der Waals surface area contributed by atoms with Crippen molar-refractivity contribution < 1.29 is 19.1 Å². The van der Waals surface area contributed by atoms with Crippen LogP contribution in [0.1, 0.15) is 50.8 Å². The Labute approximate surface area is 185 Å². The number of amides is 2. The Kier molecular flexibility index (Phi) is 8.24. The van der Waals surface area contributed by atoms with Crippen molar-refractivity contribution in [3.8, 4) is 0 Å². The number of cyclic esters (lactones) is 1. The summed E-state index contributed by atoms with van der Waals surface area (Å²) in [5.41, 5.74) is 2.10. The zero-order valence-electron chi connectivity index (χ0n) is 18.7. The molecule has 31 heavy (non-hydrogen) atoms. The molecule has 3 rings (SSSR count). The maximum atomic E-state index is 13.2. The maximum absolute atomic E-state index is 13.2. The molecule has 0 aromatic heterocycles. The van der Waals surface area contributed by atoms with Crippen molar-refractivity contribution in [3.63, 3.8) is 0 Å². The third-order valence-electron chi connectivity index (χ3n) is 6.18. The Bertz CT molecular complexity index is 839. The van der Waals surface area contributed by atoms with E-state index in [0.717, 1.165) is 18.4 Å². The first-order valence-electron chi connectivity index (χ1n) is 11.1. The summed E-state index contributed by atoms with van der Waals surface area (Å²) in [6, 6.07) is 19.4. The quantitative estimate of drug-likeness (QED) is 0.466. The molecule has 4 atom stereocenters. The molecule has 0 radical (unpaired) electrons. The van der Waals surface area contributed by atoms with E-state index >= 15 is 0 Å². The highest BCUT2D eigenvalue weighted by atomic mass is 16.6. The largest absolute Gasteiger partial charge is 0.446 e. The van der Waals surface area contributed by atoms with Crippen LogP contribution in [0.5, 0.6) is 0 Å². The third-order valence-corrected chi connectivity index (χ3v) is 6.18. The molecule has 0 bridgehead atoms. The van der Waals surface area contributed by atoms with E-state index in [2.05, 4.69) is 26.0 Å². The Morgan fingerprint density at radius 2 is 1.71 bits per heavy atom. The molecule has 0 spiro atoms. The van der Waals surface area contributed by atoms with Gasteiger partial charge in [0.25, 0.3) is 0 Å². The topological polar surface area (TPSA) is 55.8 Å². The summed E-state index contributed by atoms with van der Waals surface area (Å²) < 4.78 is 11.0. The van der Waals surface area contributed by atoms with Gasteiger partial charge in [-0.05, 0) is 35.8 Å². The summed E-state index contributed by atoms with van der Waals surface area (Å²) in [5, 5.41) is 0. The van der Waals surface area contributed by atoms with Gasteiger partial charge in [0, 0.05) is 12.5 Å². The number of carbonyl (C=O) groups is 2. The number of nitrogens with zero attached hydrogens (tertiary/aromatic N) is 1. The highest BCUT2D eigenvalue weighted by Crippen LogP contribution is 2.32. The van der Waals surface area contributed by atoms with Gasteiger partial charge in [-0.1, -0.05) is 81.4 Å². The lowest BCUT2D eigenvalue weighted by Crippen LogP contribution is -2.40. The number of rotatable bonds is 10. The van der Waals surface area contributed by atoms with E-state index < -0.39 is 6.09 Å². The van der Waals surface area contributed by atoms with Crippen molar-refractivity contribution in [2.75, 3.05) is 13.2 Å². The second-order valence-corrected chi connectivity index (χ2v) is 8.65. The molecule has 1 saturated heterocycles. The normalized spacial score (nSPS) is 19.0. The molecule has 0 N–H and O–H groups in total. The van der Waals surface area contributed by atoms with E-state index in [1.807, 2.05) is 55.5 Å². The van der Waals surface area contributed by atoms with Crippen LogP contribution in [-0.2, 0) is 20.9 Å². The second-order valence-electron chi connectivity index (χ2n) is 8.65. The van der Waals surface area contributed by atoms with E-state index in [-0.39, 0.29) is 30.4 Å². The molecule has 166 valence electrons. The van der Waals surface area contributed by atoms with E-state index in [1.54, 1.807) is 0 Å². The van der Waals surface area contributed by atoms with Crippen molar-refractivity contribution in [2.24, 2.45) is 17.8 Å². The standard InChI is InChI=1S/C26H33NO4/c1-19(14-15-30-17-22-10-6-4-7-11-22)16-20(2)21(3)25(28)27-24(18-31-26(27)29)23-12-8-5-9-13-23/h4-13,19-21,24H,14-18H2,1-3H3/t19-,20+,21+,24-/m1/s1. The van der Waals surface area contributed by atoms with Crippen LogP contribution in [0.25, 0.3) is 0 Å². The van der Waals surface area contributed by atoms with Gasteiger partial charge < -0.3 is 9.47 Å². The van der Waals surface area contributed by atoms with Crippen LogP contribution in [-0.4, -0.2) is 30.1 Å². The van der Waals surface area contributed by atoms with Crippen molar-refractivity contribution in [1.29, 1.82) is 0 Å². The first-order chi connectivity index (χ1) is 15.0. The molecule has 5 nitrogen and oxygen atoms in total. The van der Waals surface area contributed by atoms with Crippen LogP contribution in [0.3, 0.4) is 0 Å². The van der Waals surface area contributed by atoms with Crippen LogP contribution in [0, 0.1) is 17.8 Å². The van der Waals surface area contributed by atoms with Gasteiger partial charge in [-0.25, -0.2) is 9.69 Å². The predicted octanol–water partition coefficient (Wildman–Crippen LogP) is 5.61. The number of ether oxygens (including phenoxy) is 2. The van der Waals surface area contributed by atoms with Crippen LogP contribution in [0.4, 0.5) is 4.79 Å². The van der Waals surface area contributed by atoms with E-state index in [4.69, 9.17) is 9.47 Å². The van der Waals surface area contributed by atoms with Gasteiger partial charge in [0.05, 0.1) is 6.61 Å². The SMILES string of the molecule is C[C@H](CCOCc1ccccc1)C[C@H](C)[C@H](C)C(=O)N1C(=O)OC[C@@H]1c1ccccc1. The average molecular weight is 424 g/mol. The second kappa shape index (κ2) is 11.1. The van der Waals surface area contributed by atoms with E-state index in [1.165, 1.54) is 10.5 Å². The summed E-state index contributed by atoms with van der Waals surface area (Å²) in [7, 11) is 0. The van der Waals surface area contributed by atoms with Gasteiger partial charge >= 0.3 is 6.09 Å². The highest BCUT2D eigenvalue weighted by Gasteiger charge is 2.41. The zero-order chi connectivity index (χ0) is 22.2. The molecule has 1 aliphatic rings.